The van der Waals surface area contributed by atoms with Gasteiger partial charge in [-0.3, -0.25) is 0 Å². The molecule has 0 saturated carbocycles. The number of epoxide rings is 1. The van der Waals surface area contributed by atoms with Crippen LogP contribution in [0.15, 0.2) is 49.1 Å². The average molecular weight is 402 g/mol. The number of esters is 1. The molecule has 1 aliphatic rings. The molecule has 0 bridgehead atoms. The molecule has 0 aromatic heterocycles. The molecule has 0 aliphatic carbocycles. The molecule has 156 valence electrons. The number of carbonyl (C=O) groups is 1. The van der Waals surface area contributed by atoms with Gasteiger partial charge in [0.25, 0.3) is 0 Å². The molecule has 7 heteroatoms. The van der Waals surface area contributed by atoms with Crippen molar-refractivity contribution in [2.45, 2.75) is 6.10 Å². The van der Waals surface area contributed by atoms with E-state index >= 15 is 0 Å². The maximum Gasteiger partial charge on any atom is 0.330 e. The highest BCUT2D eigenvalue weighted by atomic mass is 16.6. The quantitative estimate of drug-likeness (QED) is 0.208. The van der Waals surface area contributed by atoms with Crippen LogP contribution in [0.1, 0.15) is 0 Å². The smallest absolute Gasteiger partial charge is 0.330 e. The number of hydrogen-bond acceptors (Lipinski definition) is 7. The Morgan fingerprint density at radius 2 is 1.79 bits per heavy atom. The lowest BCUT2D eigenvalue weighted by Gasteiger charge is -2.11. The first-order chi connectivity index (χ1) is 14.3. The van der Waals surface area contributed by atoms with E-state index in [1.54, 1.807) is 0 Å². The van der Waals surface area contributed by atoms with Crippen molar-refractivity contribution in [3.05, 3.63) is 49.1 Å². The molecule has 2 aromatic rings. The SMILES string of the molecule is C=CC(=O)OCCOCCOCCOc1ccc2c(OCC3CO3)cccc2c1. The summed E-state index contributed by atoms with van der Waals surface area (Å²) in [6.07, 6.45) is 1.35. The van der Waals surface area contributed by atoms with Crippen LogP contribution in [0.4, 0.5) is 0 Å². The van der Waals surface area contributed by atoms with Gasteiger partial charge in [0.05, 0.1) is 33.0 Å². The molecule has 0 N–H and O–H groups in total. The molecular formula is C22H26O7. The van der Waals surface area contributed by atoms with E-state index in [4.69, 9.17) is 28.4 Å². The fourth-order valence-corrected chi connectivity index (χ4v) is 2.60. The fraction of sp³-hybridized carbons (Fsp3) is 0.409. The molecule has 1 fully saturated rings. The van der Waals surface area contributed by atoms with Crippen molar-refractivity contribution in [2.24, 2.45) is 0 Å². The molecule has 3 rings (SSSR count). The lowest BCUT2D eigenvalue weighted by Crippen LogP contribution is -2.13. The number of hydrogen-bond donors (Lipinski definition) is 0. The van der Waals surface area contributed by atoms with E-state index in [0.717, 1.165) is 35.0 Å². The molecule has 1 aliphatic heterocycles. The number of fused-ring (bicyclic) bond motifs is 1. The van der Waals surface area contributed by atoms with Gasteiger partial charge in [0.15, 0.2) is 0 Å². The van der Waals surface area contributed by atoms with Crippen molar-refractivity contribution in [3.8, 4) is 11.5 Å². The fourth-order valence-electron chi connectivity index (χ4n) is 2.60. The van der Waals surface area contributed by atoms with E-state index in [1.165, 1.54) is 0 Å². The van der Waals surface area contributed by atoms with Crippen LogP contribution in [0.2, 0.25) is 0 Å². The summed E-state index contributed by atoms with van der Waals surface area (Å²) >= 11 is 0. The number of benzene rings is 2. The van der Waals surface area contributed by atoms with Crippen LogP contribution in [-0.2, 0) is 23.7 Å². The Balaban J connectivity index is 1.30. The third-order valence-corrected chi connectivity index (χ3v) is 4.15. The molecule has 29 heavy (non-hydrogen) atoms. The second-order valence-corrected chi connectivity index (χ2v) is 6.35. The predicted octanol–water partition coefficient (Wildman–Crippen LogP) is 2.76. The van der Waals surface area contributed by atoms with Crippen molar-refractivity contribution in [1.82, 2.24) is 0 Å². The summed E-state index contributed by atoms with van der Waals surface area (Å²) in [6, 6.07) is 11.9. The van der Waals surface area contributed by atoms with Gasteiger partial charge in [-0.15, -0.1) is 0 Å². The van der Waals surface area contributed by atoms with Crippen LogP contribution in [0.5, 0.6) is 11.5 Å². The molecule has 1 atom stereocenters. The second-order valence-electron chi connectivity index (χ2n) is 6.35. The van der Waals surface area contributed by atoms with Gasteiger partial charge in [-0.2, -0.15) is 0 Å². The van der Waals surface area contributed by atoms with E-state index in [9.17, 15) is 4.79 Å². The van der Waals surface area contributed by atoms with Crippen LogP contribution in [0, 0.1) is 0 Å². The van der Waals surface area contributed by atoms with Gasteiger partial charge < -0.3 is 28.4 Å². The summed E-state index contributed by atoms with van der Waals surface area (Å²) in [4.78, 5) is 10.8. The Morgan fingerprint density at radius 1 is 1.03 bits per heavy atom. The highest BCUT2D eigenvalue weighted by Gasteiger charge is 2.23. The van der Waals surface area contributed by atoms with Gasteiger partial charge in [0.2, 0.25) is 0 Å². The van der Waals surface area contributed by atoms with Crippen molar-refractivity contribution in [3.63, 3.8) is 0 Å². The zero-order chi connectivity index (χ0) is 20.3. The highest BCUT2D eigenvalue weighted by molar-refractivity contribution is 5.89. The maximum absolute atomic E-state index is 10.8. The molecule has 0 spiro atoms. The van der Waals surface area contributed by atoms with Crippen molar-refractivity contribution < 1.29 is 33.2 Å². The lowest BCUT2D eigenvalue weighted by atomic mass is 10.1. The third kappa shape index (κ3) is 7.38. The van der Waals surface area contributed by atoms with E-state index in [1.807, 2.05) is 36.4 Å². The average Bonchev–Trinajstić information content (AvgIpc) is 3.57. The largest absolute Gasteiger partial charge is 0.491 e. The van der Waals surface area contributed by atoms with Crippen molar-refractivity contribution in [2.75, 3.05) is 52.9 Å². The summed E-state index contributed by atoms with van der Waals surface area (Å²) in [5, 5.41) is 2.11. The van der Waals surface area contributed by atoms with Crippen LogP contribution < -0.4 is 9.47 Å². The predicted molar refractivity (Wildman–Crippen MR) is 107 cm³/mol. The number of ether oxygens (including phenoxy) is 6. The zero-order valence-corrected chi connectivity index (χ0v) is 16.3. The Hall–Kier alpha value is -2.61. The highest BCUT2D eigenvalue weighted by Crippen LogP contribution is 2.29. The summed E-state index contributed by atoms with van der Waals surface area (Å²) in [5.41, 5.74) is 0. The van der Waals surface area contributed by atoms with Gasteiger partial charge in [-0.1, -0.05) is 18.7 Å². The standard InChI is InChI=1S/C22H26O7/c1-2-22(23)27-13-11-25-9-8-24-10-12-26-18-6-7-20-17(14-18)4-3-5-21(20)29-16-19-15-28-19/h2-7,14,19H,1,8-13,15-16H2. The Kier molecular flexibility index (Phi) is 8.30. The topological polar surface area (TPSA) is 75.8 Å². The first-order valence-electron chi connectivity index (χ1n) is 9.61. The molecule has 7 nitrogen and oxygen atoms in total. The minimum absolute atomic E-state index is 0.205. The van der Waals surface area contributed by atoms with Gasteiger partial charge >= 0.3 is 5.97 Å². The molecular weight excluding hydrogens is 376 g/mol. The molecule has 0 amide bonds. The van der Waals surface area contributed by atoms with Crippen molar-refractivity contribution >= 4 is 16.7 Å². The Morgan fingerprint density at radius 3 is 2.55 bits per heavy atom. The van der Waals surface area contributed by atoms with Crippen molar-refractivity contribution in [1.29, 1.82) is 0 Å². The summed E-state index contributed by atoms with van der Waals surface area (Å²) in [6.45, 7) is 6.98. The lowest BCUT2D eigenvalue weighted by molar-refractivity contribution is -0.139. The normalized spacial score (nSPS) is 15.1. The molecule has 2 aromatic carbocycles. The first kappa shape index (κ1) is 21.1. The minimum atomic E-state index is -0.452. The van der Waals surface area contributed by atoms with E-state index < -0.39 is 5.97 Å². The summed E-state index contributed by atoms with van der Waals surface area (Å²) in [7, 11) is 0. The second kappa shape index (κ2) is 11.4. The molecule has 0 radical (unpaired) electrons. The van der Waals surface area contributed by atoms with Crippen LogP contribution in [0.25, 0.3) is 10.8 Å². The minimum Gasteiger partial charge on any atom is -0.491 e. The summed E-state index contributed by atoms with van der Waals surface area (Å²) < 4.78 is 32.3. The van der Waals surface area contributed by atoms with Gasteiger partial charge in [0, 0.05) is 11.5 Å². The Labute approximate surface area is 170 Å². The zero-order valence-electron chi connectivity index (χ0n) is 16.3. The Bertz CT molecular complexity index is 801. The van der Waals surface area contributed by atoms with E-state index in [-0.39, 0.29) is 12.7 Å². The molecule has 1 unspecified atom stereocenters. The van der Waals surface area contributed by atoms with Gasteiger partial charge in [-0.25, -0.2) is 4.79 Å². The molecule has 1 heterocycles. The third-order valence-electron chi connectivity index (χ3n) is 4.15. The first-order valence-corrected chi connectivity index (χ1v) is 9.61. The number of rotatable bonds is 14. The van der Waals surface area contributed by atoms with Crippen LogP contribution in [-0.4, -0.2) is 64.9 Å². The van der Waals surface area contributed by atoms with Crippen LogP contribution in [0.3, 0.4) is 0 Å². The molecule has 1 saturated heterocycles. The monoisotopic (exact) mass is 402 g/mol. The van der Waals surface area contributed by atoms with Gasteiger partial charge in [0.1, 0.15) is 37.4 Å². The summed E-state index contributed by atoms with van der Waals surface area (Å²) in [5.74, 6) is 1.18. The maximum atomic E-state index is 10.8. The van der Waals surface area contributed by atoms with E-state index in [2.05, 4.69) is 6.58 Å². The van der Waals surface area contributed by atoms with Crippen LogP contribution >= 0.6 is 0 Å². The van der Waals surface area contributed by atoms with E-state index in [0.29, 0.717) is 39.6 Å². The van der Waals surface area contributed by atoms with Gasteiger partial charge in [-0.05, 0) is 29.7 Å². The number of carbonyl (C=O) groups excluding carboxylic acids is 1.